The summed E-state index contributed by atoms with van der Waals surface area (Å²) in [4.78, 5) is 18.9. The van der Waals surface area contributed by atoms with Crippen molar-refractivity contribution in [3.8, 4) is 11.1 Å². The number of nitrogens with two attached hydrogens (primary N) is 1. The van der Waals surface area contributed by atoms with Gasteiger partial charge in [0.1, 0.15) is 0 Å². The van der Waals surface area contributed by atoms with Crippen molar-refractivity contribution in [1.29, 1.82) is 0 Å². The largest absolute Gasteiger partial charge is 0.354 e. The number of nitrogens with zero attached hydrogens (tertiary/aromatic N) is 1. The van der Waals surface area contributed by atoms with Gasteiger partial charge < -0.3 is 16.0 Å². The van der Waals surface area contributed by atoms with Crippen LogP contribution in [0.3, 0.4) is 0 Å². The van der Waals surface area contributed by atoms with E-state index in [-0.39, 0.29) is 5.91 Å². The summed E-state index contributed by atoms with van der Waals surface area (Å²) >= 11 is 0. The number of carbonyl (C=O) groups is 1. The van der Waals surface area contributed by atoms with Crippen LogP contribution < -0.4 is 11.1 Å². The molecule has 0 aliphatic heterocycles. The van der Waals surface area contributed by atoms with E-state index in [1.54, 1.807) is 12.5 Å². The van der Waals surface area contributed by atoms with Crippen molar-refractivity contribution in [2.75, 3.05) is 6.54 Å². The number of imidazole rings is 1. The molecule has 2 aromatic carbocycles. The van der Waals surface area contributed by atoms with Crippen LogP contribution in [0.1, 0.15) is 11.3 Å². The summed E-state index contributed by atoms with van der Waals surface area (Å²) in [6.45, 7) is 0.570. The smallest absolute Gasteiger partial charge is 0.237 e. The molecular weight excluding hydrogens is 312 g/mol. The predicted molar refractivity (Wildman–Crippen MR) is 98.9 cm³/mol. The average molecular weight is 334 g/mol. The highest BCUT2D eigenvalue weighted by atomic mass is 16.2. The van der Waals surface area contributed by atoms with Gasteiger partial charge in [0.05, 0.1) is 12.4 Å². The van der Waals surface area contributed by atoms with Crippen LogP contribution >= 0.6 is 0 Å². The number of nitrogens with one attached hydrogen (secondary N) is 2. The summed E-state index contributed by atoms with van der Waals surface area (Å²) < 4.78 is 0. The molecule has 0 bridgehead atoms. The molecule has 0 saturated carbocycles. The van der Waals surface area contributed by atoms with Crippen LogP contribution in [0.5, 0.6) is 0 Å². The van der Waals surface area contributed by atoms with E-state index in [1.807, 2.05) is 18.2 Å². The minimum atomic E-state index is -0.569. The molecule has 0 aliphatic rings. The first-order chi connectivity index (χ1) is 12.2. The van der Waals surface area contributed by atoms with E-state index in [0.717, 1.165) is 12.1 Å². The number of amides is 1. The average Bonchev–Trinajstić information content (AvgIpc) is 3.16. The molecule has 3 rings (SSSR count). The molecule has 0 aliphatic carbocycles. The monoisotopic (exact) mass is 334 g/mol. The molecule has 0 unspecified atom stereocenters. The first kappa shape index (κ1) is 16.9. The van der Waals surface area contributed by atoms with Crippen molar-refractivity contribution < 1.29 is 4.79 Å². The lowest BCUT2D eigenvalue weighted by Gasteiger charge is -2.11. The Bertz CT molecular complexity index is 782. The Morgan fingerprint density at radius 1 is 1.08 bits per heavy atom. The fraction of sp³-hybridized carbons (Fsp3) is 0.200. The van der Waals surface area contributed by atoms with Crippen LogP contribution in [0.15, 0.2) is 67.1 Å². The normalized spacial score (nSPS) is 11.9. The third kappa shape index (κ3) is 4.78. The molecule has 3 aromatic rings. The number of hydrogen-bond donors (Lipinski definition) is 3. The van der Waals surface area contributed by atoms with Crippen molar-refractivity contribution in [2.45, 2.75) is 18.9 Å². The summed E-state index contributed by atoms with van der Waals surface area (Å²) in [5.41, 5.74) is 10.3. The zero-order valence-electron chi connectivity index (χ0n) is 14.0. The highest BCUT2D eigenvalue weighted by molar-refractivity contribution is 5.81. The molecular formula is C20H22N4O. The maximum Gasteiger partial charge on any atom is 0.237 e. The van der Waals surface area contributed by atoms with Gasteiger partial charge in [0, 0.05) is 24.9 Å². The summed E-state index contributed by atoms with van der Waals surface area (Å²) in [6.07, 6.45) is 4.50. The Hall–Kier alpha value is -2.92. The zero-order valence-corrected chi connectivity index (χ0v) is 14.0. The van der Waals surface area contributed by atoms with Crippen molar-refractivity contribution in [3.05, 3.63) is 78.4 Å². The van der Waals surface area contributed by atoms with E-state index in [9.17, 15) is 4.79 Å². The minimum absolute atomic E-state index is 0.143. The number of aromatic amines is 1. The predicted octanol–water partition coefficient (Wildman–Crippen LogP) is 2.31. The Morgan fingerprint density at radius 3 is 2.48 bits per heavy atom. The molecule has 1 atom stereocenters. The number of rotatable bonds is 7. The third-order valence-corrected chi connectivity index (χ3v) is 4.11. The van der Waals surface area contributed by atoms with Crippen molar-refractivity contribution in [1.82, 2.24) is 15.3 Å². The SMILES string of the molecule is N[C@@H](Cc1cnc[nH]1)C(=O)NCCc1ccc(-c2ccccc2)cc1. The number of H-pyrrole nitrogens is 1. The van der Waals surface area contributed by atoms with Crippen LogP contribution in [0.25, 0.3) is 11.1 Å². The molecule has 1 heterocycles. The van der Waals surface area contributed by atoms with Crippen molar-refractivity contribution in [3.63, 3.8) is 0 Å². The molecule has 5 nitrogen and oxygen atoms in total. The maximum absolute atomic E-state index is 12.0. The Labute approximate surface area is 147 Å². The molecule has 4 N–H and O–H groups in total. The summed E-state index contributed by atoms with van der Waals surface area (Å²) in [5.74, 6) is -0.143. The summed E-state index contributed by atoms with van der Waals surface area (Å²) in [7, 11) is 0. The molecule has 0 radical (unpaired) electrons. The van der Waals surface area contributed by atoms with Gasteiger partial charge in [-0.2, -0.15) is 0 Å². The number of benzene rings is 2. The number of hydrogen-bond acceptors (Lipinski definition) is 3. The lowest BCUT2D eigenvalue weighted by Crippen LogP contribution is -2.42. The van der Waals surface area contributed by atoms with Crippen LogP contribution in [-0.2, 0) is 17.6 Å². The summed E-state index contributed by atoms with van der Waals surface area (Å²) in [5, 5.41) is 2.89. The van der Waals surface area contributed by atoms with Gasteiger partial charge in [-0.05, 0) is 23.1 Å². The van der Waals surface area contributed by atoms with Gasteiger partial charge >= 0.3 is 0 Å². The highest BCUT2D eigenvalue weighted by Gasteiger charge is 2.14. The molecule has 0 spiro atoms. The first-order valence-corrected chi connectivity index (χ1v) is 8.37. The highest BCUT2D eigenvalue weighted by Crippen LogP contribution is 2.19. The topological polar surface area (TPSA) is 83.8 Å². The van der Waals surface area contributed by atoms with Gasteiger partial charge in [-0.15, -0.1) is 0 Å². The van der Waals surface area contributed by atoms with Crippen LogP contribution in [0.2, 0.25) is 0 Å². The second-order valence-corrected chi connectivity index (χ2v) is 5.99. The van der Waals surface area contributed by atoms with E-state index in [2.05, 4.69) is 51.7 Å². The van der Waals surface area contributed by atoms with E-state index < -0.39 is 6.04 Å². The molecule has 1 aromatic heterocycles. The molecule has 1 amide bonds. The van der Waals surface area contributed by atoms with Crippen LogP contribution in [0, 0.1) is 0 Å². The van der Waals surface area contributed by atoms with Gasteiger partial charge in [-0.3, -0.25) is 4.79 Å². The fourth-order valence-electron chi connectivity index (χ4n) is 2.68. The molecule has 128 valence electrons. The van der Waals surface area contributed by atoms with E-state index in [0.29, 0.717) is 13.0 Å². The number of aromatic nitrogens is 2. The standard InChI is InChI=1S/C20H22N4O/c21-19(12-18-13-22-14-24-18)20(25)23-11-10-15-6-8-17(9-7-15)16-4-2-1-3-5-16/h1-9,13-14,19H,10-12,21H2,(H,22,24)(H,23,25)/t19-/m0/s1. The van der Waals surface area contributed by atoms with E-state index in [4.69, 9.17) is 5.73 Å². The molecule has 0 fully saturated rings. The Morgan fingerprint density at radius 2 is 1.80 bits per heavy atom. The van der Waals surface area contributed by atoms with Crippen LogP contribution in [0.4, 0.5) is 0 Å². The second-order valence-electron chi connectivity index (χ2n) is 5.99. The minimum Gasteiger partial charge on any atom is -0.354 e. The first-order valence-electron chi connectivity index (χ1n) is 8.37. The van der Waals surface area contributed by atoms with E-state index >= 15 is 0 Å². The lowest BCUT2D eigenvalue weighted by atomic mass is 10.0. The number of carbonyl (C=O) groups excluding carboxylic acids is 1. The van der Waals surface area contributed by atoms with Crippen LogP contribution in [-0.4, -0.2) is 28.5 Å². The van der Waals surface area contributed by atoms with Crippen molar-refractivity contribution >= 4 is 5.91 Å². The molecule has 0 saturated heterocycles. The third-order valence-electron chi connectivity index (χ3n) is 4.11. The Balaban J connectivity index is 1.46. The fourth-order valence-corrected chi connectivity index (χ4v) is 2.68. The molecule has 25 heavy (non-hydrogen) atoms. The van der Waals surface area contributed by atoms with Gasteiger partial charge in [-0.25, -0.2) is 4.98 Å². The maximum atomic E-state index is 12.0. The quantitative estimate of drug-likeness (QED) is 0.620. The second kappa shape index (κ2) is 8.26. The molecule has 5 heteroatoms. The van der Waals surface area contributed by atoms with Gasteiger partial charge in [-0.1, -0.05) is 54.6 Å². The summed E-state index contributed by atoms with van der Waals surface area (Å²) in [6, 6.07) is 18.1. The van der Waals surface area contributed by atoms with Gasteiger partial charge in [0.2, 0.25) is 5.91 Å². The van der Waals surface area contributed by atoms with E-state index in [1.165, 1.54) is 16.7 Å². The van der Waals surface area contributed by atoms with Gasteiger partial charge in [0.25, 0.3) is 0 Å². The zero-order chi connectivity index (χ0) is 17.5. The van der Waals surface area contributed by atoms with Crippen molar-refractivity contribution in [2.24, 2.45) is 5.73 Å². The van der Waals surface area contributed by atoms with Gasteiger partial charge in [0.15, 0.2) is 0 Å². The lowest BCUT2D eigenvalue weighted by molar-refractivity contribution is -0.122. The Kier molecular flexibility index (Phi) is 5.59.